The van der Waals surface area contributed by atoms with Gasteiger partial charge >= 0.3 is 0 Å². The Labute approximate surface area is 165 Å². The molecule has 29 heavy (non-hydrogen) atoms. The summed E-state index contributed by atoms with van der Waals surface area (Å²) in [5, 5.41) is 16.8. The van der Waals surface area contributed by atoms with Crippen LogP contribution in [0.3, 0.4) is 0 Å². The van der Waals surface area contributed by atoms with Crippen LogP contribution in [-0.2, 0) is 6.42 Å². The van der Waals surface area contributed by atoms with Gasteiger partial charge in [0.1, 0.15) is 5.82 Å². The minimum atomic E-state index is -0.224. The summed E-state index contributed by atoms with van der Waals surface area (Å²) in [6.07, 6.45) is 2.31. The average molecular weight is 381 g/mol. The number of H-pyrrole nitrogens is 1. The zero-order valence-corrected chi connectivity index (χ0v) is 15.2. The van der Waals surface area contributed by atoms with Crippen LogP contribution in [0.2, 0.25) is 0 Å². The van der Waals surface area contributed by atoms with E-state index in [1.807, 2.05) is 42.5 Å². The third-order valence-corrected chi connectivity index (χ3v) is 4.70. The number of tetrazole rings is 1. The smallest absolute Gasteiger partial charge is 0.259 e. The molecule has 0 spiro atoms. The van der Waals surface area contributed by atoms with Gasteiger partial charge in [0.2, 0.25) is 5.82 Å². The number of fused-ring (bicyclic) bond motifs is 1. The van der Waals surface area contributed by atoms with Crippen molar-refractivity contribution in [3.63, 3.8) is 0 Å². The molecule has 0 saturated carbocycles. The molecular formula is C21H15N7O. The van der Waals surface area contributed by atoms with Crippen molar-refractivity contribution in [1.82, 2.24) is 25.6 Å². The van der Waals surface area contributed by atoms with Crippen molar-refractivity contribution in [3.8, 4) is 11.4 Å². The van der Waals surface area contributed by atoms with E-state index in [4.69, 9.17) is 4.99 Å². The second-order valence-corrected chi connectivity index (χ2v) is 6.53. The first-order valence-corrected chi connectivity index (χ1v) is 9.04. The van der Waals surface area contributed by atoms with Gasteiger partial charge in [-0.1, -0.05) is 42.5 Å². The molecule has 0 radical (unpaired) electrons. The molecule has 0 aliphatic carbocycles. The van der Waals surface area contributed by atoms with E-state index in [0.717, 1.165) is 22.4 Å². The van der Waals surface area contributed by atoms with E-state index in [9.17, 15) is 4.79 Å². The number of pyridine rings is 1. The van der Waals surface area contributed by atoms with Gasteiger partial charge in [-0.05, 0) is 34.5 Å². The molecule has 0 bridgehead atoms. The van der Waals surface area contributed by atoms with Gasteiger partial charge in [-0.3, -0.25) is 9.79 Å². The summed E-state index contributed by atoms with van der Waals surface area (Å²) in [5.74, 6) is 0.828. The number of carbonyl (C=O) groups is 1. The van der Waals surface area contributed by atoms with E-state index in [0.29, 0.717) is 29.3 Å². The van der Waals surface area contributed by atoms with E-state index in [1.165, 1.54) is 0 Å². The maximum atomic E-state index is 12.7. The van der Waals surface area contributed by atoms with Gasteiger partial charge in [-0.25, -0.2) is 4.98 Å². The molecule has 2 aromatic heterocycles. The lowest BCUT2D eigenvalue weighted by Gasteiger charge is -2.07. The Morgan fingerprint density at radius 1 is 0.966 bits per heavy atom. The van der Waals surface area contributed by atoms with Gasteiger partial charge in [0.15, 0.2) is 0 Å². The molecule has 5 rings (SSSR count). The van der Waals surface area contributed by atoms with Crippen molar-refractivity contribution in [1.29, 1.82) is 0 Å². The first kappa shape index (κ1) is 16.9. The van der Waals surface area contributed by atoms with Gasteiger partial charge in [-0.15, -0.1) is 10.2 Å². The fraction of sp³-hybridized carbons (Fsp3) is 0.0476. The minimum absolute atomic E-state index is 0.224. The lowest BCUT2D eigenvalue weighted by molar-refractivity contribution is 0.102. The Kier molecular flexibility index (Phi) is 4.14. The number of aliphatic imine (C=N–C) groups is 1. The van der Waals surface area contributed by atoms with Crippen LogP contribution in [0.15, 0.2) is 71.9 Å². The number of rotatable bonds is 4. The van der Waals surface area contributed by atoms with Gasteiger partial charge in [0.25, 0.3) is 5.91 Å². The Morgan fingerprint density at radius 2 is 1.83 bits per heavy atom. The molecule has 0 unspecified atom stereocenters. The predicted molar refractivity (Wildman–Crippen MR) is 108 cm³/mol. The highest BCUT2D eigenvalue weighted by atomic mass is 16.1. The molecule has 3 heterocycles. The number of hydrogen-bond acceptors (Lipinski definition) is 6. The van der Waals surface area contributed by atoms with Gasteiger partial charge in [0, 0.05) is 18.2 Å². The van der Waals surface area contributed by atoms with E-state index >= 15 is 0 Å². The zero-order valence-electron chi connectivity index (χ0n) is 15.2. The number of nitrogens with zero attached hydrogens (tertiary/aromatic N) is 5. The largest absolute Gasteiger partial charge is 0.306 e. The van der Waals surface area contributed by atoms with Gasteiger partial charge < -0.3 is 5.32 Å². The van der Waals surface area contributed by atoms with Crippen molar-refractivity contribution in [2.75, 3.05) is 5.32 Å². The number of anilines is 1. The molecule has 0 fully saturated rings. The van der Waals surface area contributed by atoms with Crippen LogP contribution in [0.1, 0.15) is 21.5 Å². The van der Waals surface area contributed by atoms with Crippen LogP contribution in [0.25, 0.3) is 11.4 Å². The van der Waals surface area contributed by atoms with Crippen LogP contribution in [0.5, 0.6) is 0 Å². The van der Waals surface area contributed by atoms with Crippen LogP contribution < -0.4 is 5.32 Å². The molecule has 0 saturated heterocycles. The topological polar surface area (TPSA) is 109 Å². The Hall–Kier alpha value is -4.20. The van der Waals surface area contributed by atoms with Crippen molar-refractivity contribution in [3.05, 3.63) is 83.6 Å². The molecule has 1 amide bonds. The zero-order chi connectivity index (χ0) is 19.6. The summed E-state index contributed by atoms with van der Waals surface area (Å²) in [4.78, 5) is 21.7. The van der Waals surface area contributed by atoms with E-state index in [1.54, 1.807) is 24.4 Å². The third kappa shape index (κ3) is 3.27. The first-order valence-electron chi connectivity index (χ1n) is 9.04. The van der Waals surface area contributed by atoms with E-state index < -0.39 is 0 Å². The number of nitrogens with one attached hydrogen (secondary N) is 2. The van der Waals surface area contributed by atoms with E-state index in [2.05, 4.69) is 30.9 Å². The SMILES string of the molecule is O=C(Nc1ccccn1)c1cccc2c1N=C(c1ccc(-c3nn[nH]n3)cc1)C2. The highest BCUT2D eigenvalue weighted by molar-refractivity contribution is 6.13. The van der Waals surface area contributed by atoms with Gasteiger partial charge in [0.05, 0.1) is 17.0 Å². The number of aromatic nitrogens is 5. The summed E-state index contributed by atoms with van der Waals surface area (Å²) in [7, 11) is 0. The number of carbonyl (C=O) groups excluding carboxylic acids is 1. The maximum Gasteiger partial charge on any atom is 0.259 e. The molecule has 8 nitrogen and oxygen atoms in total. The molecule has 1 aliphatic rings. The number of amides is 1. The summed E-state index contributed by atoms with van der Waals surface area (Å²) < 4.78 is 0. The second kappa shape index (κ2) is 7.08. The quantitative estimate of drug-likeness (QED) is 0.564. The second-order valence-electron chi connectivity index (χ2n) is 6.53. The first-order chi connectivity index (χ1) is 14.3. The minimum Gasteiger partial charge on any atom is -0.306 e. The Bertz CT molecular complexity index is 1200. The van der Waals surface area contributed by atoms with Crippen molar-refractivity contribution in [2.45, 2.75) is 6.42 Å². The number of hydrogen-bond donors (Lipinski definition) is 2. The van der Waals surface area contributed by atoms with Crippen molar-refractivity contribution >= 4 is 23.1 Å². The van der Waals surface area contributed by atoms with Crippen molar-refractivity contribution in [2.24, 2.45) is 4.99 Å². The lowest BCUT2D eigenvalue weighted by atomic mass is 10.0. The maximum absolute atomic E-state index is 12.7. The average Bonchev–Trinajstić information content (AvgIpc) is 3.44. The van der Waals surface area contributed by atoms with E-state index in [-0.39, 0.29) is 5.91 Å². The predicted octanol–water partition coefficient (Wildman–Crippen LogP) is 3.19. The molecule has 4 aromatic rings. The fourth-order valence-electron chi connectivity index (χ4n) is 3.29. The number of benzene rings is 2. The monoisotopic (exact) mass is 381 g/mol. The summed E-state index contributed by atoms with van der Waals surface area (Å²) in [6, 6.07) is 18.8. The molecule has 0 atom stereocenters. The molecule has 2 aromatic carbocycles. The highest BCUT2D eigenvalue weighted by Gasteiger charge is 2.22. The molecule has 1 aliphatic heterocycles. The summed E-state index contributed by atoms with van der Waals surface area (Å²) >= 11 is 0. The normalized spacial score (nSPS) is 12.3. The van der Waals surface area contributed by atoms with Crippen molar-refractivity contribution < 1.29 is 4.79 Å². The fourth-order valence-corrected chi connectivity index (χ4v) is 3.29. The Morgan fingerprint density at radius 3 is 2.59 bits per heavy atom. The standard InChI is InChI=1S/C21H15N7O/c29-21(24-18-6-1-2-11-22-18)16-5-3-4-15-12-17(23-19(15)16)13-7-9-14(10-8-13)20-25-27-28-26-20/h1-11H,12H2,(H,22,24,29)(H,25,26,27,28). The highest BCUT2D eigenvalue weighted by Crippen LogP contribution is 2.33. The van der Waals surface area contributed by atoms with Crippen LogP contribution in [0, 0.1) is 0 Å². The number of para-hydroxylation sites is 1. The lowest BCUT2D eigenvalue weighted by Crippen LogP contribution is -2.13. The van der Waals surface area contributed by atoms with Crippen LogP contribution >= 0.6 is 0 Å². The van der Waals surface area contributed by atoms with Gasteiger partial charge in [-0.2, -0.15) is 5.21 Å². The molecule has 2 N–H and O–H groups in total. The molecule has 8 heteroatoms. The summed E-state index contributed by atoms with van der Waals surface area (Å²) in [5.41, 5.74) is 5.04. The molecular weight excluding hydrogens is 366 g/mol. The summed E-state index contributed by atoms with van der Waals surface area (Å²) in [6.45, 7) is 0. The molecule has 140 valence electrons. The third-order valence-electron chi connectivity index (χ3n) is 4.70. The van der Waals surface area contributed by atoms with Crippen LogP contribution in [-0.4, -0.2) is 37.2 Å². The Balaban J connectivity index is 1.42. The number of aromatic amines is 1. The van der Waals surface area contributed by atoms with Crippen LogP contribution in [0.4, 0.5) is 11.5 Å².